The van der Waals surface area contributed by atoms with Crippen molar-refractivity contribution in [2.75, 3.05) is 39.8 Å². The third-order valence-electron chi connectivity index (χ3n) is 2.35. The van der Waals surface area contributed by atoms with Gasteiger partial charge in [-0.3, -0.25) is 0 Å². The van der Waals surface area contributed by atoms with Crippen molar-refractivity contribution in [1.82, 2.24) is 10.2 Å². The van der Waals surface area contributed by atoms with Gasteiger partial charge in [0.25, 0.3) is 0 Å². The molecule has 80 valence electrons. The second kappa shape index (κ2) is 6.77. The molecular formula is C10H19N3O. The van der Waals surface area contributed by atoms with Crippen LogP contribution in [0.2, 0.25) is 0 Å². The minimum Gasteiger partial charge on any atom is -0.374 e. The van der Waals surface area contributed by atoms with Gasteiger partial charge in [0.1, 0.15) is 0 Å². The van der Waals surface area contributed by atoms with E-state index in [0.717, 1.165) is 39.2 Å². The van der Waals surface area contributed by atoms with Gasteiger partial charge in [-0.2, -0.15) is 5.26 Å². The number of nitriles is 1. The number of nitrogens with one attached hydrogen (secondary N) is 1. The highest BCUT2D eigenvalue weighted by Gasteiger charge is 2.14. The SMILES string of the molecule is CN(CCCC#N)CC1CNCCO1. The molecule has 0 aromatic heterocycles. The van der Waals surface area contributed by atoms with Crippen LogP contribution in [0.1, 0.15) is 12.8 Å². The smallest absolute Gasteiger partial charge is 0.0826 e. The first kappa shape index (κ1) is 11.4. The van der Waals surface area contributed by atoms with E-state index in [1.807, 2.05) is 0 Å². The van der Waals surface area contributed by atoms with E-state index in [0.29, 0.717) is 12.5 Å². The van der Waals surface area contributed by atoms with E-state index in [1.165, 1.54) is 0 Å². The lowest BCUT2D eigenvalue weighted by Gasteiger charge is -2.27. The van der Waals surface area contributed by atoms with Gasteiger partial charge in [-0.15, -0.1) is 0 Å². The first-order chi connectivity index (χ1) is 6.83. The molecule has 0 aromatic carbocycles. The Balaban J connectivity index is 2.06. The Kier molecular flexibility index (Phi) is 5.53. The topological polar surface area (TPSA) is 48.3 Å². The first-order valence-electron chi connectivity index (χ1n) is 5.20. The molecule has 1 atom stereocenters. The minimum absolute atomic E-state index is 0.316. The molecule has 0 spiro atoms. The average Bonchev–Trinajstić information content (AvgIpc) is 2.20. The maximum atomic E-state index is 8.40. The summed E-state index contributed by atoms with van der Waals surface area (Å²) < 4.78 is 5.59. The van der Waals surface area contributed by atoms with Crippen molar-refractivity contribution >= 4 is 0 Å². The van der Waals surface area contributed by atoms with E-state index >= 15 is 0 Å². The lowest BCUT2D eigenvalue weighted by Crippen LogP contribution is -2.44. The van der Waals surface area contributed by atoms with Crippen LogP contribution in [-0.4, -0.2) is 50.8 Å². The molecule has 1 aliphatic rings. The number of hydrogen-bond acceptors (Lipinski definition) is 4. The van der Waals surface area contributed by atoms with Crippen LogP contribution in [0.25, 0.3) is 0 Å². The van der Waals surface area contributed by atoms with Gasteiger partial charge in [0, 0.05) is 26.1 Å². The summed E-state index contributed by atoms with van der Waals surface area (Å²) in [6, 6.07) is 2.16. The average molecular weight is 197 g/mol. The third kappa shape index (κ3) is 4.56. The van der Waals surface area contributed by atoms with Gasteiger partial charge in [0.05, 0.1) is 18.8 Å². The number of rotatable bonds is 5. The third-order valence-corrected chi connectivity index (χ3v) is 2.35. The summed E-state index contributed by atoms with van der Waals surface area (Å²) in [6.07, 6.45) is 1.91. The summed E-state index contributed by atoms with van der Waals surface area (Å²) in [6.45, 7) is 4.67. The maximum Gasteiger partial charge on any atom is 0.0826 e. The van der Waals surface area contributed by atoms with E-state index in [1.54, 1.807) is 0 Å². The molecule has 1 N–H and O–H groups in total. The van der Waals surface area contributed by atoms with Gasteiger partial charge < -0.3 is 15.0 Å². The van der Waals surface area contributed by atoms with Crippen molar-refractivity contribution in [3.8, 4) is 6.07 Å². The first-order valence-corrected chi connectivity index (χ1v) is 5.20. The van der Waals surface area contributed by atoms with E-state index in [4.69, 9.17) is 10.00 Å². The normalized spacial score (nSPS) is 22.2. The molecule has 4 nitrogen and oxygen atoms in total. The van der Waals surface area contributed by atoms with Gasteiger partial charge >= 0.3 is 0 Å². The summed E-state index contributed by atoms with van der Waals surface area (Å²) in [4.78, 5) is 2.23. The minimum atomic E-state index is 0.316. The lowest BCUT2D eigenvalue weighted by molar-refractivity contribution is 0.0100. The van der Waals surface area contributed by atoms with Crippen LogP contribution in [0.4, 0.5) is 0 Å². The summed E-state index contributed by atoms with van der Waals surface area (Å²) in [5, 5.41) is 11.7. The van der Waals surface area contributed by atoms with Crippen LogP contribution in [0.15, 0.2) is 0 Å². The largest absolute Gasteiger partial charge is 0.374 e. The van der Waals surface area contributed by atoms with Crippen molar-refractivity contribution in [2.24, 2.45) is 0 Å². The van der Waals surface area contributed by atoms with Crippen LogP contribution in [0, 0.1) is 11.3 Å². The molecule has 14 heavy (non-hydrogen) atoms. The molecule has 0 bridgehead atoms. The molecule has 0 amide bonds. The molecule has 4 heteroatoms. The molecule has 0 aliphatic carbocycles. The summed E-state index contributed by atoms with van der Waals surface area (Å²) in [5.74, 6) is 0. The van der Waals surface area contributed by atoms with E-state index in [9.17, 15) is 0 Å². The number of morpholine rings is 1. The quantitative estimate of drug-likeness (QED) is 0.640. The molecular weight excluding hydrogens is 178 g/mol. The molecule has 0 radical (unpaired) electrons. The van der Waals surface area contributed by atoms with E-state index in [2.05, 4.69) is 23.3 Å². The highest BCUT2D eigenvalue weighted by atomic mass is 16.5. The van der Waals surface area contributed by atoms with Crippen molar-refractivity contribution < 1.29 is 4.74 Å². The van der Waals surface area contributed by atoms with Crippen LogP contribution < -0.4 is 5.32 Å². The number of unbranched alkanes of at least 4 members (excludes halogenated alkanes) is 1. The maximum absolute atomic E-state index is 8.40. The number of nitrogens with zero attached hydrogens (tertiary/aromatic N) is 2. The highest BCUT2D eigenvalue weighted by Crippen LogP contribution is 1.99. The van der Waals surface area contributed by atoms with Gasteiger partial charge in [-0.05, 0) is 20.0 Å². The van der Waals surface area contributed by atoms with Crippen LogP contribution in [0.3, 0.4) is 0 Å². The zero-order chi connectivity index (χ0) is 10.2. The van der Waals surface area contributed by atoms with Crippen molar-refractivity contribution in [2.45, 2.75) is 18.9 Å². The monoisotopic (exact) mass is 197 g/mol. The number of hydrogen-bond donors (Lipinski definition) is 1. The van der Waals surface area contributed by atoms with Crippen LogP contribution in [0.5, 0.6) is 0 Å². The second-order valence-corrected chi connectivity index (χ2v) is 3.72. The van der Waals surface area contributed by atoms with Gasteiger partial charge in [-0.25, -0.2) is 0 Å². The lowest BCUT2D eigenvalue weighted by atomic mass is 10.2. The van der Waals surface area contributed by atoms with Crippen molar-refractivity contribution in [3.63, 3.8) is 0 Å². The van der Waals surface area contributed by atoms with Crippen molar-refractivity contribution in [1.29, 1.82) is 5.26 Å². The fourth-order valence-electron chi connectivity index (χ4n) is 1.60. The Hall–Kier alpha value is -0.630. The predicted octanol–water partition coefficient (Wildman–Crippen LogP) is 0.210. The molecule has 1 fully saturated rings. The molecule has 1 unspecified atom stereocenters. The predicted molar refractivity (Wildman–Crippen MR) is 55.0 cm³/mol. The highest BCUT2D eigenvalue weighted by molar-refractivity contribution is 4.72. The number of likely N-dealkylation sites (N-methyl/N-ethyl adjacent to an activating group) is 1. The zero-order valence-corrected chi connectivity index (χ0v) is 8.83. The number of ether oxygens (including phenoxy) is 1. The Bertz CT molecular complexity index is 184. The molecule has 1 heterocycles. The van der Waals surface area contributed by atoms with Gasteiger partial charge in [0.2, 0.25) is 0 Å². The standard InChI is InChI=1S/C10H19N3O/c1-13(6-3-2-4-11)9-10-8-12-5-7-14-10/h10,12H,2-3,5-9H2,1H3. The fraction of sp³-hybridized carbons (Fsp3) is 0.900. The molecule has 1 aliphatic heterocycles. The Morgan fingerprint density at radius 2 is 2.50 bits per heavy atom. The van der Waals surface area contributed by atoms with Gasteiger partial charge in [0.15, 0.2) is 0 Å². The summed E-state index contributed by atoms with van der Waals surface area (Å²) in [7, 11) is 2.08. The molecule has 1 rings (SSSR count). The zero-order valence-electron chi connectivity index (χ0n) is 8.83. The summed E-state index contributed by atoms with van der Waals surface area (Å²) >= 11 is 0. The van der Waals surface area contributed by atoms with Crippen molar-refractivity contribution in [3.05, 3.63) is 0 Å². The summed E-state index contributed by atoms with van der Waals surface area (Å²) in [5.41, 5.74) is 0. The van der Waals surface area contributed by atoms with Crippen LogP contribution >= 0.6 is 0 Å². The molecule has 0 aromatic rings. The second-order valence-electron chi connectivity index (χ2n) is 3.72. The fourth-order valence-corrected chi connectivity index (χ4v) is 1.60. The molecule has 0 saturated carbocycles. The Morgan fingerprint density at radius 3 is 3.14 bits per heavy atom. The molecule has 1 saturated heterocycles. The van der Waals surface area contributed by atoms with E-state index < -0.39 is 0 Å². The van der Waals surface area contributed by atoms with Crippen LogP contribution in [-0.2, 0) is 4.74 Å². The van der Waals surface area contributed by atoms with E-state index in [-0.39, 0.29) is 0 Å². The Morgan fingerprint density at radius 1 is 1.64 bits per heavy atom. The van der Waals surface area contributed by atoms with Gasteiger partial charge in [-0.1, -0.05) is 0 Å². The Labute approximate surface area is 85.8 Å².